The zero-order valence-electron chi connectivity index (χ0n) is 23.0. The molecule has 0 saturated carbocycles. The van der Waals surface area contributed by atoms with Crippen LogP contribution in [-0.4, -0.2) is 29.9 Å². The third-order valence-electron chi connectivity index (χ3n) is 6.74. The zero-order valence-corrected chi connectivity index (χ0v) is 24.6. The van der Waals surface area contributed by atoms with Crippen LogP contribution in [0.5, 0.6) is 0 Å². The molecule has 0 unspecified atom stereocenters. The van der Waals surface area contributed by atoms with Gasteiger partial charge < -0.3 is 0 Å². The SMILES string of the molecule is CCCCN(c1ccc(-c2ccc(N(CCCC)S(=O)(=O)c3ccccc3)cc2)cc1)S(=O)(=O)c1ccccc1. The van der Waals surface area contributed by atoms with Crippen molar-refractivity contribution in [3.05, 3.63) is 109 Å². The Bertz CT molecular complexity index is 1450. The van der Waals surface area contributed by atoms with Crippen LogP contribution in [0.2, 0.25) is 0 Å². The van der Waals surface area contributed by atoms with Gasteiger partial charge in [0.05, 0.1) is 21.2 Å². The molecule has 0 aliphatic carbocycles. The van der Waals surface area contributed by atoms with E-state index in [4.69, 9.17) is 0 Å². The average Bonchev–Trinajstić information content (AvgIpc) is 2.99. The molecule has 0 aromatic heterocycles. The predicted molar refractivity (Wildman–Crippen MR) is 164 cm³/mol. The summed E-state index contributed by atoms with van der Waals surface area (Å²) in [5.74, 6) is 0. The highest BCUT2D eigenvalue weighted by atomic mass is 32.2. The molecule has 0 N–H and O–H groups in total. The van der Waals surface area contributed by atoms with Gasteiger partial charge in [0.25, 0.3) is 20.0 Å². The number of benzene rings is 4. The smallest absolute Gasteiger partial charge is 0.264 e. The Morgan fingerprint density at radius 2 is 0.800 bits per heavy atom. The number of nitrogens with zero attached hydrogens (tertiary/aromatic N) is 2. The summed E-state index contributed by atoms with van der Waals surface area (Å²) < 4.78 is 56.6. The fourth-order valence-corrected chi connectivity index (χ4v) is 7.51. The molecule has 4 rings (SSSR count). The predicted octanol–water partition coefficient (Wildman–Crippen LogP) is 7.34. The number of rotatable bonds is 13. The largest absolute Gasteiger partial charge is 0.266 e. The highest BCUT2D eigenvalue weighted by molar-refractivity contribution is 7.93. The molecule has 0 saturated heterocycles. The van der Waals surface area contributed by atoms with Crippen LogP contribution >= 0.6 is 0 Å². The second-order valence-electron chi connectivity index (χ2n) is 9.58. The molecule has 0 amide bonds. The first-order valence-corrected chi connectivity index (χ1v) is 16.5. The third-order valence-corrected chi connectivity index (χ3v) is 10.4. The summed E-state index contributed by atoms with van der Waals surface area (Å²) in [4.78, 5) is 0.535. The maximum atomic E-state index is 13.4. The number of anilines is 2. The third kappa shape index (κ3) is 6.57. The van der Waals surface area contributed by atoms with E-state index < -0.39 is 20.0 Å². The first-order chi connectivity index (χ1) is 19.3. The van der Waals surface area contributed by atoms with E-state index in [-0.39, 0.29) is 9.79 Å². The molecule has 0 atom stereocenters. The van der Waals surface area contributed by atoms with Crippen LogP contribution in [0.1, 0.15) is 39.5 Å². The Labute approximate surface area is 239 Å². The van der Waals surface area contributed by atoms with Crippen LogP contribution in [0.15, 0.2) is 119 Å². The lowest BCUT2D eigenvalue weighted by molar-refractivity contribution is 0.587. The van der Waals surface area contributed by atoms with E-state index in [1.807, 2.05) is 62.4 Å². The molecule has 0 aliphatic rings. The molecule has 4 aromatic rings. The van der Waals surface area contributed by atoms with Gasteiger partial charge in [-0.1, -0.05) is 87.4 Å². The number of sulfonamides is 2. The molecule has 8 heteroatoms. The van der Waals surface area contributed by atoms with E-state index in [1.54, 1.807) is 60.7 Å². The van der Waals surface area contributed by atoms with Gasteiger partial charge in [-0.15, -0.1) is 0 Å². The van der Waals surface area contributed by atoms with Crippen molar-refractivity contribution in [2.75, 3.05) is 21.7 Å². The van der Waals surface area contributed by atoms with Crippen molar-refractivity contribution in [2.24, 2.45) is 0 Å². The van der Waals surface area contributed by atoms with Gasteiger partial charge in [-0.3, -0.25) is 8.61 Å². The lowest BCUT2D eigenvalue weighted by Crippen LogP contribution is -2.32. The van der Waals surface area contributed by atoms with E-state index in [0.29, 0.717) is 24.5 Å². The molecule has 0 fully saturated rings. The molecule has 0 bridgehead atoms. The maximum Gasteiger partial charge on any atom is 0.264 e. The van der Waals surface area contributed by atoms with Gasteiger partial charge in [-0.25, -0.2) is 16.8 Å². The van der Waals surface area contributed by atoms with Crippen LogP contribution < -0.4 is 8.61 Å². The molecular weight excluding hydrogens is 540 g/mol. The fraction of sp³-hybridized carbons (Fsp3) is 0.250. The van der Waals surface area contributed by atoms with Crippen LogP contribution in [0.3, 0.4) is 0 Å². The molecule has 0 heterocycles. The number of hydrogen-bond acceptors (Lipinski definition) is 4. The van der Waals surface area contributed by atoms with Crippen molar-refractivity contribution in [1.82, 2.24) is 0 Å². The molecule has 4 aromatic carbocycles. The Balaban J connectivity index is 1.61. The lowest BCUT2D eigenvalue weighted by Gasteiger charge is -2.25. The van der Waals surface area contributed by atoms with E-state index >= 15 is 0 Å². The zero-order chi connectivity index (χ0) is 28.6. The first-order valence-electron chi connectivity index (χ1n) is 13.6. The molecule has 0 aliphatic heterocycles. The highest BCUT2D eigenvalue weighted by Crippen LogP contribution is 2.30. The van der Waals surface area contributed by atoms with Crippen molar-refractivity contribution in [3.8, 4) is 11.1 Å². The van der Waals surface area contributed by atoms with E-state index in [0.717, 1.165) is 36.8 Å². The average molecular weight is 577 g/mol. The van der Waals surface area contributed by atoms with E-state index in [1.165, 1.54) is 8.61 Å². The van der Waals surface area contributed by atoms with Crippen molar-refractivity contribution >= 4 is 31.4 Å². The van der Waals surface area contributed by atoms with Gasteiger partial charge in [0.2, 0.25) is 0 Å². The summed E-state index contributed by atoms with van der Waals surface area (Å²) in [6.07, 6.45) is 3.24. The summed E-state index contributed by atoms with van der Waals surface area (Å²) in [5.41, 5.74) is 3.04. The van der Waals surface area contributed by atoms with E-state index in [9.17, 15) is 16.8 Å². The van der Waals surface area contributed by atoms with Crippen LogP contribution in [0.25, 0.3) is 11.1 Å². The van der Waals surface area contributed by atoms with Gasteiger partial charge >= 0.3 is 0 Å². The molecular formula is C32H36N2O4S2. The van der Waals surface area contributed by atoms with Gasteiger partial charge in [-0.2, -0.15) is 0 Å². The minimum absolute atomic E-state index is 0.267. The summed E-state index contributed by atoms with van der Waals surface area (Å²) >= 11 is 0. The van der Waals surface area contributed by atoms with Crippen LogP contribution in [0.4, 0.5) is 11.4 Å². The normalized spacial score (nSPS) is 11.8. The quantitative estimate of drug-likeness (QED) is 0.167. The maximum absolute atomic E-state index is 13.4. The summed E-state index contributed by atoms with van der Waals surface area (Å²) in [6, 6.07) is 31.9. The summed E-state index contributed by atoms with van der Waals surface area (Å²) in [5, 5.41) is 0. The van der Waals surface area contributed by atoms with Crippen LogP contribution in [0, 0.1) is 0 Å². The van der Waals surface area contributed by atoms with E-state index in [2.05, 4.69) is 0 Å². The molecule has 6 nitrogen and oxygen atoms in total. The number of unbranched alkanes of at least 4 members (excludes halogenated alkanes) is 2. The summed E-state index contributed by atoms with van der Waals surface area (Å²) in [7, 11) is -7.39. The van der Waals surface area contributed by atoms with Gasteiger partial charge in [0.15, 0.2) is 0 Å². The lowest BCUT2D eigenvalue weighted by atomic mass is 10.0. The highest BCUT2D eigenvalue weighted by Gasteiger charge is 2.25. The fourth-order valence-electron chi connectivity index (χ4n) is 4.46. The number of hydrogen-bond donors (Lipinski definition) is 0. The minimum atomic E-state index is -3.69. The molecule has 0 spiro atoms. The van der Waals surface area contributed by atoms with Gasteiger partial charge in [0, 0.05) is 13.1 Å². The Kier molecular flexibility index (Phi) is 9.66. The monoisotopic (exact) mass is 576 g/mol. The van der Waals surface area contributed by atoms with Crippen molar-refractivity contribution in [1.29, 1.82) is 0 Å². The van der Waals surface area contributed by atoms with Crippen molar-refractivity contribution in [3.63, 3.8) is 0 Å². The van der Waals surface area contributed by atoms with Crippen molar-refractivity contribution < 1.29 is 16.8 Å². The second kappa shape index (κ2) is 13.2. The molecule has 40 heavy (non-hydrogen) atoms. The van der Waals surface area contributed by atoms with Gasteiger partial charge in [-0.05, 0) is 72.5 Å². The topological polar surface area (TPSA) is 74.8 Å². The molecule has 0 radical (unpaired) electrons. The Morgan fingerprint density at radius 3 is 1.10 bits per heavy atom. The second-order valence-corrected chi connectivity index (χ2v) is 13.3. The van der Waals surface area contributed by atoms with Gasteiger partial charge in [0.1, 0.15) is 0 Å². The standard InChI is InChI=1S/C32H36N2O4S2/c1-3-5-25-33(39(35,36)31-13-9-7-10-14-31)29-21-17-27(18-22-29)28-19-23-30(24-20-28)34(26-6-4-2)40(37,38)32-15-11-8-12-16-32/h7-24H,3-6,25-26H2,1-2H3. The Morgan fingerprint density at radius 1 is 0.475 bits per heavy atom. The minimum Gasteiger partial charge on any atom is -0.266 e. The van der Waals surface area contributed by atoms with Crippen molar-refractivity contribution in [2.45, 2.75) is 49.3 Å². The summed E-state index contributed by atoms with van der Waals surface area (Å²) in [6.45, 7) is 4.86. The van der Waals surface area contributed by atoms with Crippen LogP contribution in [-0.2, 0) is 20.0 Å². The first kappa shape index (κ1) is 29.4. The molecule has 210 valence electrons. The Hall–Kier alpha value is -3.62.